The van der Waals surface area contributed by atoms with Crippen LogP contribution in [0.15, 0.2) is 60.7 Å². The molecule has 0 N–H and O–H groups in total. The molecule has 3 aliphatic heterocycles. The highest BCUT2D eigenvalue weighted by molar-refractivity contribution is 6.31. The maximum Gasteiger partial charge on any atom is 0.263 e. The first-order valence-electron chi connectivity index (χ1n) is 12.3. The molecule has 0 aliphatic carbocycles. The van der Waals surface area contributed by atoms with E-state index in [1.54, 1.807) is 18.2 Å². The van der Waals surface area contributed by atoms with Gasteiger partial charge in [0.2, 0.25) is 0 Å². The molecule has 1 unspecified atom stereocenters. The Balaban J connectivity index is 1.15. The highest BCUT2D eigenvalue weighted by Gasteiger charge is 2.40. The number of benzene rings is 3. The van der Waals surface area contributed by atoms with E-state index in [0.717, 1.165) is 5.69 Å². The minimum atomic E-state index is -0.450. The normalized spacial score (nSPS) is 19.4. The number of amides is 2. The maximum absolute atomic E-state index is 14.2. The van der Waals surface area contributed by atoms with Crippen molar-refractivity contribution in [3.05, 3.63) is 88.2 Å². The van der Waals surface area contributed by atoms with Crippen molar-refractivity contribution in [3.8, 4) is 11.5 Å². The van der Waals surface area contributed by atoms with Gasteiger partial charge in [-0.2, -0.15) is 0 Å². The van der Waals surface area contributed by atoms with Crippen molar-refractivity contribution in [1.29, 1.82) is 0 Å². The summed E-state index contributed by atoms with van der Waals surface area (Å²) in [5.74, 6) is 0.303. The SMILES string of the molecule is O=C1c2cccc(N3CCN(Cc4c(F)cccc4Cl)CC3)c2C(=O)N1CC1COc2ccccc2O1. The van der Waals surface area contributed by atoms with Gasteiger partial charge in [0, 0.05) is 43.3 Å². The lowest BCUT2D eigenvalue weighted by Gasteiger charge is -2.37. The second-order valence-corrected chi connectivity index (χ2v) is 9.79. The third-order valence-electron chi connectivity index (χ3n) is 7.09. The molecular formula is C28H25ClFN3O4. The van der Waals surface area contributed by atoms with Crippen LogP contribution in [0.25, 0.3) is 0 Å². The Kier molecular flexibility index (Phi) is 6.22. The first-order chi connectivity index (χ1) is 18.0. The van der Waals surface area contributed by atoms with Crippen molar-refractivity contribution in [2.75, 3.05) is 44.2 Å². The molecule has 0 aromatic heterocycles. The molecule has 1 saturated heterocycles. The summed E-state index contributed by atoms with van der Waals surface area (Å²) >= 11 is 6.21. The molecule has 190 valence electrons. The van der Waals surface area contributed by atoms with Crippen LogP contribution in [-0.4, -0.2) is 67.0 Å². The highest BCUT2D eigenvalue weighted by atomic mass is 35.5. The third-order valence-corrected chi connectivity index (χ3v) is 7.44. The molecule has 0 spiro atoms. The number of piperazine rings is 1. The number of imide groups is 1. The summed E-state index contributed by atoms with van der Waals surface area (Å²) < 4.78 is 26.0. The Bertz CT molecular complexity index is 1360. The molecule has 7 nitrogen and oxygen atoms in total. The number of fused-ring (bicyclic) bond motifs is 2. The van der Waals surface area contributed by atoms with E-state index >= 15 is 0 Å². The van der Waals surface area contributed by atoms with Crippen molar-refractivity contribution in [2.24, 2.45) is 0 Å². The molecular weight excluding hydrogens is 497 g/mol. The van der Waals surface area contributed by atoms with Crippen molar-refractivity contribution in [1.82, 2.24) is 9.80 Å². The van der Waals surface area contributed by atoms with Crippen LogP contribution in [0.1, 0.15) is 26.3 Å². The zero-order chi connectivity index (χ0) is 25.5. The number of hydrogen-bond acceptors (Lipinski definition) is 6. The number of ether oxygens (including phenoxy) is 2. The van der Waals surface area contributed by atoms with Crippen molar-refractivity contribution < 1.29 is 23.5 Å². The second-order valence-electron chi connectivity index (χ2n) is 9.38. The fourth-order valence-electron chi connectivity index (χ4n) is 5.16. The number of carbonyl (C=O) groups is 2. The Labute approximate surface area is 218 Å². The van der Waals surface area contributed by atoms with Gasteiger partial charge in [0.1, 0.15) is 12.4 Å². The van der Waals surface area contributed by atoms with Gasteiger partial charge in [-0.15, -0.1) is 0 Å². The predicted octanol–water partition coefficient (Wildman–Crippen LogP) is 4.24. The van der Waals surface area contributed by atoms with E-state index in [1.807, 2.05) is 36.4 Å². The van der Waals surface area contributed by atoms with E-state index in [4.69, 9.17) is 21.1 Å². The Morgan fingerprint density at radius 2 is 1.65 bits per heavy atom. The van der Waals surface area contributed by atoms with Gasteiger partial charge in [0.05, 0.1) is 23.4 Å². The number of carbonyl (C=O) groups excluding carboxylic acids is 2. The lowest BCUT2D eigenvalue weighted by molar-refractivity contribution is 0.0430. The summed E-state index contributed by atoms with van der Waals surface area (Å²) in [5, 5.41) is 0.420. The van der Waals surface area contributed by atoms with Gasteiger partial charge in [0.15, 0.2) is 17.6 Å². The van der Waals surface area contributed by atoms with E-state index < -0.39 is 6.10 Å². The van der Waals surface area contributed by atoms with E-state index in [9.17, 15) is 14.0 Å². The number of para-hydroxylation sites is 2. The lowest BCUT2D eigenvalue weighted by Crippen LogP contribution is -2.46. The number of hydrogen-bond donors (Lipinski definition) is 0. The Morgan fingerprint density at radius 3 is 2.43 bits per heavy atom. The zero-order valence-electron chi connectivity index (χ0n) is 20.0. The number of nitrogens with zero attached hydrogens (tertiary/aromatic N) is 3. The summed E-state index contributed by atoms with van der Waals surface area (Å²) in [5.41, 5.74) is 2.06. The van der Waals surface area contributed by atoms with Crippen LogP contribution in [0.3, 0.4) is 0 Å². The lowest BCUT2D eigenvalue weighted by atomic mass is 10.1. The largest absolute Gasteiger partial charge is 0.486 e. The van der Waals surface area contributed by atoms with Crippen molar-refractivity contribution in [2.45, 2.75) is 12.6 Å². The van der Waals surface area contributed by atoms with Crippen LogP contribution in [0.2, 0.25) is 5.02 Å². The van der Waals surface area contributed by atoms with Gasteiger partial charge in [-0.25, -0.2) is 4.39 Å². The monoisotopic (exact) mass is 521 g/mol. The standard InChI is InChI=1S/C28H25ClFN3O4/c29-21-6-4-7-22(30)20(21)16-31-11-13-32(14-12-31)23-8-3-5-19-26(23)28(35)33(27(19)34)15-18-17-36-24-9-1-2-10-25(24)37-18/h1-10,18H,11-17H2. The van der Waals surface area contributed by atoms with Crippen LogP contribution >= 0.6 is 11.6 Å². The van der Waals surface area contributed by atoms with Gasteiger partial charge in [-0.3, -0.25) is 19.4 Å². The summed E-state index contributed by atoms with van der Waals surface area (Å²) in [6.07, 6.45) is -0.450. The number of rotatable bonds is 5. The summed E-state index contributed by atoms with van der Waals surface area (Å²) in [6, 6.07) is 17.5. The van der Waals surface area contributed by atoms with E-state index in [-0.39, 0.29) is 30.8 Å². The molecule has 9 heteroatoms. The fraction of sp³-hybridized carbons (Fsp3) is 0.286. The average Bonchev–Trinajstić information content (AvgIpc) is 3.16. The van der Waals surface area contributed by atoms with Crippen LogP contribution < -0.4 is 14.4 Å². The van der Waals surface area contributed by atoms with E-state index in [2.05, 4.69) is 9.80 Å². The smallest absolute Gasteiger partial charge is 0.263 e. The zero-order valence-corrected chi connectivity index (χ0v) is 20.8. The molecule has 3 aliphatic rings. The molecule has 6 rings (SSSR count). The van der Waals surface area contributed by atoms with Gasteiger partial charge in [-0.05, 0) is 36.4 Å². The van der Waals surface area contributed by atoms with Crippen LogP contribution in [0, 0.1) is 5.82 Å². The van der Waals surface area contributed by atoms with Gasteiger partial charge >= 0.3 is 0 Å². The highest BCUT2D eigenvalue weighted by Crippen LogP contribution is 2.35. The first-order valence-corrected chi connectivity index (χ1v) is 12.7. The van der Waals surface area contributed by atoms with Crippen molar-refractivity contribution >= 4 is 29.1 Å². The Hall–Kier alpha value is -3.62. The van der Waals surface area contributed by atoms with Crippen LogP contribution in [0.5, 0.6) is 11.5 Å². The number of anilines is 1. The fourth-order valence-corrected chi connectivity index (χ4v) is 5.38. The Morgan fingerprint density at radius 1 is 0.892 bits per heavy atom. The molecule has 3 aromatic rings. The minimum Gasteiger partial charge on any atom is -0.486 e. The van der Waals surface area contributed by atoms with Crippen molar-refractivity contribution in [3.63, 3.8) is 0 Å². The van der Waals surface area contributed by atoms with E-state index in [0.29, 0.717) is 65.9 Å². The van der Waals surface area contributed by atoms with Gasteiger partial charge < -0.3 is 14.4 Å². The molecule has 0 saturated carbocycles. The van der Waals surface area contributed by atoms with Gasteiger partial charge in [-0.1, -0.05) is 35.9 Å². The maximum atomic E-state index is 14.2. The number of halogens is 2. The first kappa shape index (κ1) is 23.8. The van der Waals surface area contributed by atoms with E-state index in [1.165, 1.54) is 11.0 Å². The average molecular weight is 522 g/mol. The van der Waals surface area contributed by atoms with Crippen LogP contribution in [0.4, 0.5) is 10.1 Å². The second kappa shape index (κ2) is 9.68. The predicted molar refractivity (Wildman–Crippen MR) is 137 cm³/mol. The summed E-state index contributed by atoms with van der Waals surface area (Å²) in [4.78, 5) is 32.2. The topological polar surface area (TPSA) is 62.3 Å². The molecule has 1 atom stereocenters. The van der Waals surface area contributed by atoms with Gasteiger partial charge in [0.25, 0.3) is 11.8 Å². The molecule has 37 heavy (non-hydrogen) atoms. The summed E-state index contributed by atoms with van der Waals surface area (Å²) in [7, 11) is 0. The quantitative estimate of drug-likeness (QED) is 0.468. The minimum absolute atomic E-state index is 0.108. The third kappa shape index (κ3) is 4.40. The molecule has 3 aromatic carbocycles. The van der Waals surface area contributed by atoms with Crippen LogP contribution in [-0.2, 0) is 6.54 Å². The summed E-state index contributed by atoms with van der Waals surface area (Å²) in [6.45, 7) is 3.41. The molecule has 0 bridgehead atoms. The molecule has 1 fully saturated rings. The molecule has 3 heterocycles. The molecule has 0 radical (unpaired) electrons. The molecule has 2 amide bonds.